The summed E-state index contributed by atoms with van der Waals surface area (Å²) in [4.78, 5) is 29.1. The third-order valence-corrected chi connectivity index (χ3v) is 6.67. The Morgan fingerprint density at radius 2 is 1.64 bits per heavy atom. The third-order valence-electron chi connectivity index (χ3n) is 4.92. The lowest BCUT2D eigenvalue weighted by Gasteiger charge is -2.16. The Bertz CT molecular complexity index is 1240. The summed E-state index contributed by atoms with van der Waals surface area (Å²) in [5.41, 5.74) is 2.13. The Hall–Kier alpha value is -2.93. The predicted octanol–water partition coefficient (Wildman–Crippen LogP) is 6.69. The molecule has 168 valence electrons. The van der Waals surface area contributed by atoms with Crippen LogP contribution < -0.4 is 15.0 Å². The predicted molar refractivity (Wildman–Crippen MR) is 134 cm³/mol. The fraction of sp³-hybridized carbons (Fsp3) is 0.120. The van der Waals surface area contributed by atoms with Gasteiger partial charge in [0.05, 0.1) is 12.3 Å². The number of nitrogens with one attached hydrogen (secondary N) is 1. The molecule has 4 rings (SSSR count). The molecule has 3 aromatic rings. The fourth-order valence-corrected chi connectivity index (χ4v) is 4.46. The molecule has 33 heavy (non-hydrogen) atoms. The number of anilines is 2. The first-order chi connectivity index (χ1) is 15.9. The lowest BCUT2D eigenvalue weighted by atomic mass is 10.2. The average Bonchev–Trinajstić information content (AvgIpc) is 3.02. The van der Waals surface area contributed by atoms with Gasteiger partial charge in [0.2, 0.25) is 0 Å². The normalized spacial score (nSPS) is 13.6. The van der Waals surface area contributed by atoms with Crippen molar-refractivity contribution in [3.63, 3.8) is 0 Å². The van der Waals surface area contributed by atoms with Crippen LogP contribution in [-0.4, -0.2) is 18.4 Å². The van der Waals surface area contributed by atoms with Gasteiger partial charge in [0.15, 0.2) is 0 Å². The number of carbonyl (C=O) groups excluding carboxylic acids is 2. The quantitative estimate of drug-likeness (QED) is 0.367. The van der Waals surface area contributed by atoms with Crippen LogP contribution in [0.1, 0.15) is 12.5 Å². The maximum atomic E-state index is 13.4. The largest absolute Gasteiger partial charge is 0.494 e. The molecule has 3 aromatic carbocycles. The number of rotatable bonds is 7. The second kappa shape index (κ2) is 9.91. The number of imide groups is 1. The Kier molecular flexibility index (Phi) is 6.98. The van der Waals surface area contributed by atoms with Gasteiger partial charge in [0.1, 0.15) is 16.4 Å². The summed E-state index contributed by atoms with van der Waals surface area (Å²) in [6.07, 6.45) is 0. The average molecular weight is 499 g/mol. The van der Waals surface area contributed by atoms with Crippen molar-refractivity contribution in [3.05, 3.63) is 92.9 Å². The molecule has 1 N–H and O–H groups in total. The van der Waals surface area contributed by atoms with Gasteiger partial charge in [-0.25, -0.2) is 4.90 Å². The minimum atomic E-state index is -0.453. The highest BCUT2D eigenvalue weighted by Crippen LogP contribution is 2.39. The summed E-state index contributed by atoms with van der Waals surface area (Å²) in [7, 11) is 0. The molecule has 0 aromatic heterocycles. The van der Waals surface area contributed by atoms with E-state index in [-0.39, 0.29) is 10.6 Å². The van der Waals surface area contributed by atoms with E-state index in [9.17, 15) is 9.59 Å². The van der Waals surface area contributed by atoms with Crippen molar-refractivity contribution in [3.8, 4) is 5.75 Å². The molecule has 8 heteroatoms. The van der Waals surface area contributed by atoms with Gasteiger partial charge < -0.3 is 10.1 Å². The molecular formula is C25H20Cl2N2O3S. The van der Waals surface area contributed by atoms with Crippen LogP contribution in [0.4, 0.5) is 11.4 Å². The van der Waals surface area contributed by atoms with E-state index < -0.39 is 11.8 Å². The highest BCUT2D eigenvalue weighted by Gasteiger charge is 2.40. The van der Waals surface area contributed by atoms with E-state index in [0.717, 1.165) is 21.1 Å². The maximum Gasteiger partial charge on any atom is 0.283 e. The minimum absolute atomic E-state index is 0.195. The molecular weight excluding hydrogens is 479 g/mol. The van der Waals surface area contributed by atoms with Crippen molar-refractivity contribution < 1.29 is 14.3 Å². The number of carbonyl (C=O) groups is 2. The molecule has 0 atom stereocenters. The summed E-state index contributed by atoms with van der Waals surface area (Å²) >= 11 is 13.5. The highest BCUT2D eigenvalue weighted by atomic mass is 35.5. The van der Waals surface area contributed by atoms with Gasteiger partial charge in [0, 0.05) is 20.6 Å². The molecule has 0 bridgehead atoms. The Morgan fingerprint density at radius 3 is 2.27 bits per heavy atom. The van der Waals surface area contributed by atoms with Crippen LogP contribution in [0.3, 0.4) is 0 Å². The Labute approximate surface area is 206 Å². The molecule has 1 aliphatic heterocycles. The lowest BCUT2D eigenvalue weighted by molar-refractivity contribution is -0.120. The molecule has 0 radical (unpaired) electrons. The van der Waals surface area contributed by atoms with Gasteiger partial charge in [-0.3, -0.25) is 9.59 Å². The molecule has 0 aliphatic carbocycles. The summed E-state index contributed by atoms with van der Waals surface area (Å²) in [6, 6.07) is 19.4. The molecule has 0 unspecified atom stereocenters. The molecule has 1 aliphatic rings. The number of benzene rings is 3. The van der Waals surface area contributed by atoms with Crippen LogP contribution in [0, 0.1) is 6.92 Å². The molecule has 2 amide bonds. The molecule has 0 fully saturated rings. The Morgan fingerprint density at radius 1 is 0.939 bits per heavy atom. The first-order valence-electron chi connectivity index (χ1n) is 10.2. The zero-order valence-electron chi connectivity index (χ0n) is 17.9. The van der Waals surface area contributed by atoms with Crippen molar-refractivity contribution in [2.24, 2.45) is 0 Å². The zero-order valence-corrected chi connectivity index (χ0v) is 20.2. The van der Waals surface area contributed by atoms with E-state index in [2.05, 4.69) is 5.32 Å². The molecule has 0 saturated carbocycles. The molecule has 0 saturated heterocycles. The number of ether oxygens (including phenoxy) is 1. The smallest absolute Gasteiger partial charge is 0.283 e. The standard InChI is InChI=1S/C25H20Cl2N2O3S/c1-3-32-19-10-7-17(8-11-19)28-22-23(33-20-12-5-16(26)6-13-20)25(31)29(24(22)30)18-9-4-15(2)21(27)14-18/h4-14,28H,3H2,1-2H3. The Balaban J connectivity index is 1.71. The highest BCUT2D eigenvalue weighted by molar-refractivity contribution is 8.04. The van der Waals surface area contributed by atoms with E-state index in [1.807, 2.05) is 13.8 Å². The van der Waals surface area contributed by atoms with Crippen molar-refractivity contribution in [1.29, 1.82) is 0 Å². The summed E-state index contributed by atoms with van der Waals surface area (Å²) in [6.45, 7) is 4.32. The van der Waals surface area contributed by atoms with Crippen molar-refractivity contribution in [2.45, 2.75) is 18.7 Å². The summed E-state index contributed by atoms with van der Waals surface area (Å²) < 4.78 is 5.48. The van der Waals surface area contributed by atoms with Gasteiger partial charge in [-0.2, -0.15) is 0 Å². The minimum Gasteiger partial charge on any atom is -0.494 e. The number of hydrogen-bond donors (Lipinski definition) is 1. The topological polar surface area (TPSA) is 58.6 Å². The van der Waals surface area contributed by atoms with Gasteiger partial charge in [-0.05, 0) is 80.1 Å². The van der Waals surface area contributed by atoms with Gasteiger partial charge >= 0.3 is 0 Å². The lowest BCUT2D eigenvalue weighted by Crippen LogP contribution is -2.32. The van der Waals surface area contributed by atoms with Crippen LogP contribution in [0.2, 0.25) is 10.0 Å². The van der Waals surface area contributed by atoms with Gasteiger partial charge in [-0.15, -0.1) is 0 Å². The number of hydrogen-bond acceptors (Lipinski definition) is 5. The van der Waals surface area contributed by atoms with E-state index in [1.165, 1.54) is 11.8 Å². The first-order valence-corrected chi connectivity index (χ1v) is 11.8. The van der Waals surface area contributed by atoms with Crippen LogP contribution in [0.25, 0.3) is 0 Å². The molecule has 0 spiro atoms. The maximum absolute atomic E-state index is 13.4. The second-order valence-electron chi connectivity index (χ2n) is 7.22. The number of halogens is 2. The van der Waals surface area contributed by atoms with Crippen molar-refractivity contribution >= 4 is 58.2 Å². The molecule has 1 heterocycles. The van der Waals surface area contributed by atoms with E-state index in [1.54, 1.807) is 66.7 Å². The second-order valence-corrected chi connectivity index (χ2v) is 9.15. The van der Waals surface area contributed by atoms with Crippen molar-refractivity contribution in [2.75, 3.05) is 16.8 Å². The summed E-state index contributed by atoms with van der Waals surface area (Å²) in [5, 5.41) is 4.20. The van der Waals surface area contributed by atoms with Crippen molar-refractivity contribution in [1.82, 2.24) is 0 Å². The van der Waals surface area contributed by atoms with Gasteiger partial charge in [-0.1, -0.05) is 41.0 Å². The van der Waals surface area contributed by atoms with Crippen LogP contribution in [0.5, 0.6) is 5.75 Å². The number of amides is 2. The van der Waals surface area contributed by atoms with Crippen LogP contribution in [-0.2, 0) is 9.59 Å². The van der Waals surface area contributed by atoms with E-state index >= 15 is 0 Å². The zero-order chi connectivity index (χ0) is 23.5. The monoisotopic (exact) mass is 498 g/mol. The van der Waals surface area contributed by atoms with Gasteiger partial charge in [0.25, 0.3) is 11.8 Å². The molecule has 5 nitrogen and oxygen atoms in total. The third kappa shape index (κ3) is 5.03. The number of thioether (sulfide) groups is 1. The SMILES string of the molecule is CCOc1ccc(NC2=C(Sc3ccc(Cl)cc3)C(=O)N(c3ccc(C)c(Cl)c3)C2=O)cc1. The fourth-order valence-electron chi connectivity index (χ4n) is 3.24. The number of nitrogens with zero attached hydrogens (tertiary/aromatic N) is 1. The van der Waals surface area contributed by atoms with Crippen LogP contribution >= 0.6 is 35.0 Å². The first kappa shape index (κ1) is 23.2. The van der Waals surface area contributed by atoms with E-state index in [4.69, 9.17) is 27.9 Å². The number of aryl methyl sites for hydroxylation is 1. The summed E-state index contributed by atoms with van der Waals surface area (Å²) in [5.74, 6) is -0.156. The van der Waals surface area contributed by atoms with Crippen LogP contribution in [0.15, 0.2) is 82.2 Å². The van der Waals surface area contributed by atoms with E-state index in [0.29, 0.717) is 28.0 Å².